The quantitative estimate of drug-likeness (QED) is 0.341. The summed E-state index contributed by atoms with van der Waals surface area (Å²) in [6.07, 6.45) is 2.32. The number of carbonyl (C=O) groups excluding carboxylic acids is 2. The number of hydrogen-bond donors (Lipinski definition) is 1. The Bertz CT molecular complexity index is 1100. The number of methoxy groups -OCH3 is 1. The van der Waals surface area contributed by atoms with E-state index in [0.717, 1.165) is 17.4 Å². The van der Waals surface area contributed by atoms with Crippen molar-refractivity contribution in [3.63, 3.8) is 0 Å². The molecule has 9 heteroatoms. The number of aryl methyl sites for hydroxylation is 1. The zero-order valence-electron chi connectivity index (χ0n) is 16.5. The van der Waals surface area contributed by atoms with Crippen LogP contribution < -0.4 is 10.1 Å². The van der Waals surface area contributed by atoms with Gasteiger partial charge in [0.15, 0.2) is 6.61 Å². The van der Waals surface area contributed by atoms with Gasteiger partial charge < -0.3 is 19.2 Å². The SMILES string of the molecule is CCc1ccc2c(CC(=O)OCC(=O)Nc3cc([N+](=O)[O-])ccc3OC)coc2c1. The van der Waals surface area contributed by atoms with Gasteiger partial charge in [0.25, 0.3) is 11.6 Å². The molecule has 0 aliphatic rings. The first-order valence-electron chi connectivity index (χ1n) is 9.18. The van der Waals surface area contributed by atoms with E-state index < -0.39 is 23.4 Å². The number of nitrogens with one attached hydrogen (secondary N) is 1. The summed E-state index contributed by atoms with van der Waals surface area (Å²) in [5.74, 6) is -0.998. The first-order valence-corrected chi connectivity index (χ1v) is 9.18. The lowest BCUT2D eigenvalue weighted by atomic mass is 10.1. The Hall–Kier alpha value is -3.88. The molecule has 156 valence electrons. The lowest BCUT2D eigenvalue weighted by Crippen LogP contribution is -2.22. The minimum Gasteiger partial charge on any atom is -0.495 e. The largest absolute Gasteiger partial charge is 0.495 e. The van der Waals surface area contributed by atoms with E-state index in [2.05, 4.69) is 5.32 Å². The molecule has 3 aromatic rings. The smallest absolute Gasteiger partial charge is 0.310 e. The number of non-ortho nitro benzene ring substituents is 1. The highest BCUT2D eigenvalue weighted by atomic mass is 16.6. The number of anilines is 1. The molecule has 0 spiro atoms. The molecule has 0 bridgehead atoms. The summed E-state index contributed by atoms with van der Waals surface area (Å²) in [5.41, 5.74) is 2.38. The number of nitrogens with zero attached hydrogens (tertiary/aromatic N) is 1. The summed E-state index contributed by atoms with van der Waals surface area (Å²) in [7, 11) is 1.37. The van der Waals surface area contributed by atoms with E-state index in [0.29, 0.717) is 11.1 Å². The third-order valence-corrected chi connectivity index (χ3v) is 4.50. The summed E-state index contributed by atoms with van der Waals surface area (Å²) < 4.78 is 15.6. The third-order valence-electron chi connectivity index (χ3n) is 4.50. The van der Waals surface area contributed by atoms with Crippen LogP contribution in [0.4, 0.5) is 11.4 Å². The number of furan rings is 1. The van der Waals surface area contributed by atoms with Crippen LogP contribution in [0.25, 0.3) is 11.0 Å². The summed E-state index contributed by atoms with van der Waals surface area (Å²) in [4.78, 5) is 34.6. The average Bonchev–Trinajstić information content (AvgIpc) is 3.13. The zero-order valence-corrected chi connectivity index (χ0v) is 16.5. The molecule has 1 N–H and O–H groups in total. The van der Waals surface area contributed by atoms with Crippen molar-refractivity contribution in [3.05, 3.63) is 63.9 Å². The van der Waals surface area contributed by atoms with Crippen LogP contribution in [0, 0.1) is 10.1 Å². The maximum atomic E-state index is 12.1. The second kappa shape index (κ2) is 9.08. The molecule has 0 fully saturated rings. The number of esters is 1. The Kier molecular flexibility index (Phi) is 6.31. The van der Waals surface area contributed by atoms with Gasteiger partial charge in [-0.3, -0.25) is 19.7 Å². The molecule has 0 radical (unpaired) electrons. The summed E-state index contributed by atoms with van der Waals surface area (Å²) in [6.45, 7) is 1.50. The molecule has 0 atom stereocenters. The predicted molar refractivity (Wildman–Crippen MR) is 109 cm³/mol. The number of carbonyl (C=O) groups is 2. The third kappa shape index (κ3) is 4.75. The standard InChI is InChI=1S/C21H20N2O7/c1-3-13-4-6-16-14(11-29-19(16)8-13)9-21(25)30-12-20(24)22-17-10-15(23(26)27)5-7-18(17)28-2/h4-8,10-11H,3,9,12H2,1-2H3,(H,22,24). The van der Waals surface area contributed by atoms with E-state index in [1.165, 1.54) is 31.6 Å². The van der Waals surface area contributed by atoms with Gasteiger partial charge in [0.2, 0.25) is 0 Å². The second-order valence-electron chi connectivity index (χ2n) is 6.47. The van der Waals surface area contributed by atoms with Crippen molar-refractivity contribution in [3.8, 4) is 5.75 Å². The molecule has 30 heavy (non-hydrogen) atoms. The lowest BCUT2D eigenvalue weighted by Gasteiger charge is -2.10. The van der Waals surface area contributed by atoms with Crippen LogP contribution in [-0.2, 0) is 27.2 Å². The second-order valence-corrected chi connectivity index (χ2v) is 6.47. The van der Waals surface area contributed by atoms with Crippen molar-refractivity contribution in [1.82, 2.24) is 0 Å². The predicted octanol–water partition coefficient (Wildman–Crippen LogP) is 3.64. The van der Waals surface area contributed by atoms with Crippen molar-refractivity contribution in [2.24, 2.45) is 0 Å². The fourth-order valence-corrected chi connectivity index (χ4v) is 2.93. The van der Waals surface area contributed by atoms with E-state index in [9.17, 15) is 19.7 Å². The molecule has 0 aliphatic carbocycles. The van der Waals surface area contributed by atoms with Crippen LogP contribution in [0.2, 0.25) is 0 Å². The lowest BCUT2D eigenvalue weighted by molar-refractivity contribution is -0.384. The molecule has 1 aromatic heterocycles. The maximum Gasteiger partial charge on any atom is 0.310 e. The molecule has 0 saturated heterocycles. The van der Waals surface area contributed by atoms with E-state index in [-0.39, 0.29) is 23.5 Å². The molecular formula is C21H20N2O7. The Morgan fingerprint density at radius 3 is 2.70 bits per heavy atom. The van der Waals surface area contributed by atoms with Gasteiger partial charge in [-0.1, -0.05) is 19.1 Å². The van der Waals surface area contributed by atoms with Crippen molar-refractivity contribution in [1.29, 1.82) is 0 Å². The van der Waals surface area contributed by atoms with E-state index in [1.807, 2.05) is 25.1 Å². The van der Waals surface area contributed by atoms with Gasteiger partial charge in [-0.15, -0.1) is 0 Å². The number of benzene rings is 2. The molecular weight excluding hydrogens is 392 g/mol. The Labute approximate surface area is 171 Å². The highest BCUT2D eigenvalue weighted by molar-refractivity contribution is 5.95. The molecule has 0 unspecified atom stereocenters. The van der Waals surface area contributed by atoms with Crippen molar-refractivity contribution in [2.75, 3.05) is 19.0 Å². The van der Waals surface area contributed by atoms with Gasteiger partial charge in [0.05, 0.1) is 30.4 Å². The number of amides is 1. The van der Waals surface area contributed by atoms with Crippen molar-refractivity contribution in [2.45, 2.75) is 19.8 Å². The maximum absolute atomic E-state index is 12.1. The Morgan fingerprint density at radius 1 is 1.20 bits per heavy atom. The van der Waals surface area contributed by atoms with Gasteiger partial charge in [-0.2, -0.15) is 0 Å². The van der Waals surface area contributed by atoms with E-state index in [4.69, 9.17) is 13.9 Å². The van der Waals surface area contributed by atoms with Gasteiger partial charge in [-0.05, 0) is 24.1 Å². The summed E-state index contributed by atoms with van der Waals surface area (Å²) in [6, 6.07) is 9.57. The van der Waals surface area contributed by atoms with Crippen LogP contribution in [0.3, 0.4) is 0 Å². The van der Waals surface area contributed by atoms with Gasteiger partial charge in [0.1, 0.15) is 11.3 Å². The first-order chi connectivity index (χ1) is 14.4. The Morgan fingerprint density at radius 2 is 2.00 bits per heavy atom. The molecule has 9 nitrogen and oxygen atoms in total. The fourth-order valence-electron chi connectivity index (χ4n) is 2.93. The molecule has 0 aliphatic heterocycles. The van der Waals surface area contributed by atoms with Gasteiger partial charge >= 0.3 is 5.97 Å². The molecule has 1 heterocycles. The minimum absolute atomic E-state index is 0.0497. The van der Waals surface area contributed by atoms with E-state index >= 15 is 0 Å². The molecule has 3 rings (SSSR count). The van der Waals surface area contributed by atoms with Gasteiger partial charge in [0, 0.05) is 23.1 Å². The van der Waals surface area contributed by atoms with E-state index in [1.54, 1.807) is 0 Å². The van der Waals surface area contributed by atoms with Crippen LogP contribution in [0.5, 0.6) is 5.75 Å². The number of nitro groups is 1. The van der Waals surface area contributed by atoms with Crippen molar-refractivity contribution < 1.29 is 28.4 Å². The summed E-state index contributed by atoms with van der Waals surface area (Å²) in [5, 5.41) is 14.2. The first kappa shape index (κ1) is 20.8. The normalized spacial score (nSPS) is 10.6. The zero-order chi connectivity index (χ0) is 21.7. The monoisotopic (exact) mass is 412 g/mol. The fraction of sp³-hybridized carbons (Fsp3) is 0.238. The van der Waals surface area contributed by atoms with Gasteiger partial charge in [-0.25, -0.2) is 0 Å². The number of hydrogen-bond acceptors (Lipinski definition) is 7. The van der Waals surface area contributed by atoms with Crippen molar-refractivity contribution >= 4 is 34.2 Å². The van der Waals surface area contributed by atoms with Crippen LogP contribution in [0.1, 0.15) is 18.1 Å². The average molecular weight is 412 g/mol. The van der Waals surface area contributed by atoms with Crippen LogP contribution in [0.15, 0.2) is 47.1 Å². The number of rotatable bonds is 8. The molecule has 0 saturated carbocycles. The van der Waals surface area contributed by atoms with Crippen LogP contribution in [-0.4, -0.2) is 30.5 Å². The molecule has 2 aromatic carbocycles. The van der Waals surface area contributed by atoms with Crippen LogP contribution >= 0.6 is 0 Å². The Balaban J connectivity index is 1.59. The number of ether oxygens (including phenoxy) is 2. The number of nitro benzene ring substituents is 1. The highest BCUT2D eigenvalue weighted by Gasteiger charge is 2.16. The number of fused-ring (bicyclic) bond motifs is 1. The minimum atomic E-state index is -0.646. The summed E-state index contributed by atoms with van der Waals surface area (Å²) >= 11 is 0. The molecule has 1 amide bonds. The highest BCUT2D eigenvalue weighted by Crippen LogP contribution is 2.29. The topological polar surface area (TPSA) is 121 Å².